The van der Waals surface area contributed by atoms with Crippen LogP contribution in [0.25, 0.3) is 0 Å². The maximum atomic E-state index is 12.5. The number of methoxy groups -OCH3 is 1. The molecule has 0 unspecified atom stereocenters. The lowest BCUT2D eigenvalue weighted by molar-refractivity contribution is -0.114. The Labute approximate surface area is 149 Å². The lowest BCUT2D eigenvalue weighted by Crippen LogP contribution is -2.15. The van der Waals surface area contributed by atoms with Gasteiger partial charge in [0, 0.05) is 6.92 Å². The van der Waals surface area contributed by atoms with E-state index in [1.54, 1.807) is 0 Å². The highest BCUT2D eigenvalue weighted by Gasteiger charge is 2.21. The minimum Gasteiger partial charge on any atom is -0.505 e. The summed E-state index contributed by atoms with van der Waals surface area (Å²) in [4.78, 5) is 22.1. The predicted octanol–water partition coefficient (Wildman–Crippen LogP) is 1.86. The molecule has 0 aliphatic rings. The van der Waals surface area contributed by atoms with E-state index >= 15 is 0 Å². The Hall–Kier alpha value is -3.27. The number of nitrogens with one attached hydrogen (secondary N) is 2. The van der Waals surface area contributed by atoms with Gasteiger partial charge in [0.15, 0.2) is 5.75 Å². The molecule has 0 radical (unpaired) electrons. The first kappa shape index (κ1) is 19.1. The Bertz CT molecular complexity index is 971. The van der Waals surface area contributed by atoms with Crippen LogP contribution in [0.3, 0.4) is 0 Å². The van der Waals surface area contributed by atoms with Crippen molar-refractivity contribution in [1.82, 2.24) is 0 Å². The molecule has 0 aliphatic heterocycles. The summed E-state index contributed by atoms with van der Waals surface area (Å²) < 4.78 is 32.3. The second kappa shape index (κ2) is 7.31. The lowest BCUT2D eigenvalue weighted by atomic mass is 10.2. The zero-order valence-corrected chi connectivity index (χ0v) is 14.6. The number of carbonyl (C=O) groups is 2. The Balaban J connectivity index is 2.44. The molecule has 0 spiro atoms. The van der Waals surface area contributed by atoms with Crippen molar-refractivity contribution in [2.75, 3.05) is 17.1 Å². The third-order valence-electron chi connectivity index (χ3n) is 3.30. The van der Waals surface area contributed by atoms with E-state index in [1.165, 1.54) is 44.4 Å². The van der Waals surface area contributed by atoms with Gasteiger partial charge >= 0.3 is 5.97 Å². The molecule has 138 valence electrons. The van der Waals surface area contributed by atoms with Crippen molar-refractivity contribution < 1.29 is 33.0 Å². The average molecular weight is 380 g/mol. The van der Waals surface area contributed by atoms with Gasteiger partial charge in [-0.05, 0) is 30.3 Å². The molecule has 0 saturated heterocycles. The molecule has 2 rings (SSSR count). The molecule has 2 aromatic rings. The van der Waals surface area contributed by atoms with Gasteiger partial charge in [0.2, 0.25) is 5.91 Å². The van der Waals surface area contributed by atoms with Crippen LogP contribution in [0.5, 0.6) is 11.5 Å². The summed E-state index contributed by atoms with van der Waals surface area (Å²) >= 11 is 0. The number of carbonyl (C=O) groups excluding carboxylic acids is 1. The third kappa shape index (κ3) is 4.03. The van der Waals surface area contributed by atoms with E-state index in [4.69, 9.17) is 9.84 Å². The molecule has 0 atom stereocenters. The molecule has 0 fully saturated rings. The van der Waals surface area contributed by atoms with Crippen molar-refractivity contribution in [2.24, 2.45) is 0 Å². The number of amides is 1. The fourth-order valence-corrected chi connectivity index (χ4v) is 3.24. The second-order valence-electron chi connectivity index (χ2n) is 5.16. The highest BCUT2D eigenvalue weighted by molar-refractivity contribution is 7.92. The van der Waals surface area contributed by atoms with Gasteiger partial charge in [-0.1, -0.05) is 6.07 Å². The number of hydrogen-bond acceptors (Lipinski definition) is 6. The maximum Gasteiger partial charge on any atom is 0.339 e. The molecule has 1 amide bonds. The molecule has 0 saturated carbocycles. The fraction of sp³-hybridized carbons (Fsp3) is 0.125. The van der Waals surface area contributed by atoms with Gasteiger partial charge in [-0.25, -0.2) is 13.2 Å². The number of carboxylic acids is 1. The van der Waals surface area contributed by atoms with Crippen LogP contribution in [0.2, 0.25) is 0 Å². The number of anilines is 2. The van der Waals surface area contributed by atoms with Crippen molar-refractivity contribution in [3.05, 3.63) is 42.0 Å². The highest BCUT2D eigenvalue weighted by Crippen LogP contribution is 2.32. The van der Waals surface area contributed by atoms with Crippen LogP contribution in [0, 0.1) is 0 Å². The summed E-state index contributed by atoms with van der Waals surface area (Å²) in [7, 11) is -2.81. The third-order valence-corrected chi connectivity index (χ3v) is 4.67. The monoisotopic (exact) mass is 380 g/mol. The Kier molecular flexibility index (Phi) is 5.36. The van der Waals surface area contributed by atoms with Crippen LogP contribution in [0.1, 0.15) is 17.3 Å². The molecular weight excluding hydrogens is 364 g/mol. The zero-order valence-electron chi connectivity index (χ0n) is 13.8. The quantitative estimate of drug-likeness (QED) is 0.560. The maximum absolute atomic E-state index is 12.5. The van der Waals surface area contributed by atoms with Crippen molar-refractivity contribution in [2.45, 2.75) is 11.8 Å². The van der Waals surface area contributed by atoms with Crippen LogP contribution in [-0.4, -0.2) is 37.6 Å². The molecule has 4 N–H and O–H groups in total. The predicted molar refractivity (Wildman–Crippen MR) is 93.2 cm³/mol. The smallest absolute Gasteiger partial charge is 0.339 e. The number of para-hydroxylation sites is 1. The number of aromatic hydroxyl groups is 1. The summed E-state index contributed by atoms with van der Waals surface area (Å²) in [5, 5.41) is 21.4. The number of aromatic carboxylic acids is 1. The minimum atomic E-state index is -4.17. The normalized spacial score (nSPS) is 10.8. The van der Waals surface area contributed by atoms with Gasteiger partial charge in [-0.2, -0.15) is 0 Å². The molecule has 10 heteroatoms. The first-order chi connectivity index (χ1) is 12.2. The van der Waals surface area contributed by atoms with E-state index in [0.717, 1.165) is 6.07 Å². The summed E-state index contributed by atoms with van der Waals surface area (Å²) in [6.45, 7) is 1.26. The summed E-state index contributed by atoms with van der Waals surface area (Å²) in [6, 6.07) is 7.42. The first-order valence-corrected chi connectivity index (χ1v) is 8.67. The SMILES string of the molecule is COc1ccc(S(=O)(=O)Nc2cccc(C(=O)O)c2O)cc1NC(C)=O. The number of hydrogen-bond donors (Lipinski definition) is 4. The zero-order chi connectivity index (χ0) is 19.5. The molecular formula is C16H16N2O7S. The molecule has 9 nitrogen and oxygen atoms in total. The fourth-order valence-electron chi connectivity index (χ4n) is 2.14. The largest absolute Gasteiger partial charge is 0.505 e. The van der Waals surface area contributed by atoms with E-state index in [1.807, 2.05) is 0 Å². The topological polar surface area (TPSA) is 142 Å². The van der Waals surface area contributed by atoms with Gasteiger partial charge in [-0.15, -0.1) is 0 Å². The standard InChI is InChI=1S/C16H16N2O7S/c1-9(19)17-13-8-10(6-7-14(13)25-2)26(23,24)18-12-5-3-4-11(15(12)20)16(21)22/h3-8,18,20H,1-2H3,(H,17,19)(H,21,22). The second-order valence-corrected chi connectivity index (χ2v) is 6.84. The Morgan fingerprint density at radius 2 is 1.81 bits per heavy atom. The van der Waals surface area contributed by atoms with E-state index < -0.39 is 33.2 Å². The minimum absolute atomic E-state index is 0.145. The Morgan fingerprint density at radius 1 is 1.12 bits per heavy atom. The number of carboxylic acid groups (broad SMARTS) is 1. The van der Waals surface area contributed by atoms with Gasteiger partial charge in [0.25, 0.3) is 10.0 Å². The van der Waals surface area contributed by atoms with Gasteiger partial charge < -0.3 is 20.3 Å². The van der Waals surface area contributed by atoms with Crippen molar-refractivity contribution in [3.8, 4) is 11.5 Å². The van der Waals surface area contributed by atoms with Crippen LogP contribution in [0.4, 0.5) is 11.4 Å². The molecule has 26 heavy (non-hydrogen) atoms. The summed E-state index contributed by atoms with van der Waals surface area (Å²) in [5.41, 5.74) is -0.591. The van der Waals surface area contributed by atoms with Gasteiger partial charge in [-0.3, -0.25) is 9.52 Å². The number of benzene rings is 2. The Morgan fingerprint density at radius 3 is 2.38 bits per heavy atom. The molecule has 0 bridgehead atoms. The van der Waals surface area contributed by atoms with Crippen LogP contribution < -0.4 is 14.8 Å². The summed E-state index contributed by atoms with van der Waals surface area (Å²) in [6.07, 6.45) is 0. The van der Waals surface area contributed by atoms with E-state index in [2.05, 4.69) is 10.0 Å². The number of sulfonamides is 1. The highest BCUT2D eigenvalue weighted by atomic mass is 32.2. The number of rotatable bonds is 6. The number of ether oxygens (including phenoxy) is 1. The van der Waals surface area contributed by atoms with Crippen molar-refractivity contribution in [1.29, 1.82) is 0 Å². The van der Waals surface area contributed by atoms with E-state index in [0.29, 0.717) is 0 Å². The molecule has 2 aromatic carbocycles. The van der Waals surface area contributed by atoms with Gasteiger partial charge in [0.1, 0.15) is 11.3 Å². The van der Waals surface area contributed by atoms with Crippen LogP contribution in [0.15, 0.2) is 41.3 Å². The van der Waals surface area contributed by atoms with E-state index in [-0.39, 0.29) is 22.0 Å². The lowest BCUT2D eigenvalue weighted by Gasteiger charge is -2.14. The van der Waals surface area contributed by atoms with Crippen LogP contribution >= 0.6 is 0 Å². The van der Waals surface area contributed by atoms with Crippen LogP contribution in [-0.2, 0) is 14.8 Å². The van der Waals surface area contributed by atoms with Crippen molar-refractivity contribution >= 4 is 33.3 Å². The molecule has 0 aromatic heterocycles. The average Bonchev–Trinajstić information content (AvgIpc) is 2.55. The van der Waals surface area contributed by atoms with E-state index in [9.17, 15) is 23.1 Å². The van der Waals surface area contributed by atoms with Gasteiger partial charge in [0.05, 0.1) is 23.4 Å². The summed E-state index contributed by atoms with van der Waals surface area (Å²) in [5.74, 6) is -2.27. The molecule has 0 aliphatic carbocycles. The number of phenols is 1. The first-order valence-electron chi connectivity index (χ1n) is 7.19. The van der Waals surface area contributed by atoms with Crippen molar-refractivity contribution in [3.63, 3.8) is 0 Å². The molecule has 0 heterocycles.